The van der Waals surface area contributed by atoms with Crippen molar-refractivity contribution >= 4 is 29.4 Å². The zero-order valence-electron chi connectivity index (χ0n) is 14.0. The molecule has 0 radical (unpaired) electrons. The number of rotatable bonds is 7. The van der Waals surface area contributed by atoms with Crippen molar-refractivity contribution < 1.29 is 14.3 Å². The predicted molar refractivity (Wildman–Crippen MR) is 95.9 cm³/mol. The van der Waals surface area contributed by atoms with Crippen LogP contribution >= 0.6 is 11.6 Å². The summed E-state index contributed by atoms with van der Waals surface area (Å²) in [6.45, 7) is 4.55. The zero-order valence-corrected chi connectivity index (χ0v) is 14.8. The fraction of sp³-hybridized carbons (Fsp3) is 0.474. The fourth-order valence-electron chi connectivity index (χ4n) is 2.83. The van der Waals surface area contributed by atoms with Gasteiger partial charge in [-0.15, -0.1) is 0 Å². The molecular formula is C19H24ClNO3. The Morgan fingerprint density at radius 1 is 1.33 bits per heavy atom. The lowest BCUT2D eigenvalue weighted by Crippen LogP contribution is -2.40. The number of ether oxygens (including phenoxy) is 1. The maximum absolute atomic E-state index is 12.0. The summed E-state index contributed by atoms with van der Waals surface area (Å²) in [5, 5.41) is 0.680. The highest BCUT2D eigenvalue weighted by Crippen LogP contribution is 2.18. The molecule has 4 nitrogen and oxygen atoms in total. The van der Waals surface area contributed by atoms with E-state index in [2.05, 4.69) is 4.90 Å². The number of ketones is 1. The number of halogens is 1. The molecule has 1 aromatic rings. The van der Waals surface area contributed by atoms with Crippen molar-refractivity contribution in [2.75, 3.05) is 26.2 Å². The van der Waals surface area contributed by atoms with Crippen molar-refractivity contribution in [3.05, 3.63) is 40.9 Å². The molecule has 1 aliphatic rings. The van der Waals surface area contributed by atoms with E-state index in [9.17, 15) is 9.59 Å². The average Bonchev–Trinajstić information content (AvgIpc) is 2.60. The minimum Gasteiger partial charge on any atom is -0.466 e. The predicted octanol–water partition coefficient (Wildman–Crippen LogP) is 3.59. The first kappa shape index (κ1) is 18.7. The van der Waals surface area contributed by atoms with E-state index in [-0.39, 0.29) is 17.7 Å². The third-order valence-electron chi connectivity index (χ3n) is 4.13. The Labute approximate surface area is 148 Å². The Morgan fingerprint density at radius 3 is 2.79 bits per heavy atom. The highest BCUT2D eigenvalue weighted by molar-refractivity contribution is 6.30. The number of carbonyl (C=O) groups excluding carboxylic acids is 2. The Kier molecular flexibility index (Phi) is 7.47. The standard InChI is InChI=1S/C19H24ClNO3/c1-2-24-19(23)16-4-3-12-21(14-16)13-11-18(22)10-7-15-5-8-17(20)9-6-15/h5-10,16H,2-4,11-14H2,1H3/b10-7+. The molecule has 1 unspecified atom stereocenters. The molecule has 5 heteroatoms. The van der Waals surface area contributed by atoms with Crippen LogP contribution in [0.25, 0.3) is 6.08 Å². The number of esters is 1. The molecule has 24 heavy (non-hydrogen) atoms. The second-order valence-corrected chi connectivity index (χ2v) is 6.43. The molecule has 0 N–H and O–H groups in total. The second-order valence-electron chi connectivity index (χ2n) is 5.99. The lowest BCUT2D eigenvalue weighted by molar-refractivity contribution is -0.149. The van der Waals surface area contributed by atoms with Crippen molar-refractivity contribution in [2.24, 2.45) is 5.92 Å². The molecule has 0 aliphatic carbocycles. The maximum atomic E-state index is 12.0. The molecule has 1 atom stereocenters. The number of hydrogen-bond acceptors (Lipinski definition) is 4. The first-order valence-electron chi connectivity index (χ1n) is 8.44. The average molecular weight is 350 g/mol. The van der Waals surface area contributed by atoms with Crippen LogP contribution in [-0.4, -0.2) is 42.9 Å². The van der Waals surface area contributed by atoms with Gasteiger partial charge in [0.1, 0.15) is 0 Å². The quantitative estimate of drug-likeness (QED) is 0.557. The van der Waals surface area contributed by atoms with Gasteiger partial charge in [0.15, 0.2) is 5.78 Å². The van der Waals surface area contributed by atoms with E-state index in [0.29, 0.717) is 31.1 Å². The molecule has 1 heterocycles. The number of carbonyl (C=O) groups is 2. The topological polar surface area (TPSA) is 46.6 Å². The summed E-state index contributed by atoms with van der Waals surface area (Å²) in [5.41, 5.74) is 0.952. The smallest absolute Gasteiger partial charge is 0.310 e. The highest BCUT2D eigenvalue weighted by Gasteiger charge is 2.26. The Bertz CT molecular complexity index is 583. The number of allylic oxidation sites excluding steroid dienone is 1. The van der Waals surface area contributed by atoms with Gasteiger partial charge in [-0.25, -0.2) is 0 Å². The number of piperidine rings is 1. The normalized spacial score (nSPS) is 18.7. The van der Waals surface area contributed by atoms with E-state index in [1.54, 1.807) is 24.3 Å². The van der Waals surface area contributed by atoms with Crippen LogP contribution in [0.3, 0.4) is 0 Å². The summed E-state index contributed by atoms with van der Waals surface area (Å²) < 4.78 is 5.10. The van der Waals surface area contributed by atoms with Crippen molar-refractivity contribution in [1.82, 2.24) is 4.90 Å². The molecule has 0 saturated carbocycles. The third kappa shape index (κ3) is 6.10. The van der Waals surface area contributed by atoms with Crippen molar-refractivity contribution in [3.63, 3.8) is 0 Å². The van der Waals surface area contributed by atoms with Gasteiger partial charge in [-0.2, -0.15) is 0 Å². The Morgan fingerprint density at radius 2 is 2.08 bits per heavy atom. The van der Waals surface area contributed by atoms with Crippen molar-refractivity contribution in [2.45, 2.75) is 26.2 Å². The van der Waals surface area contributed by atoms with Crippen molar-refractivity contribution in [1.29, 1.82) is 0 Å². The van der Waals surface area contributed by atoms with E-state index in [1.807, 2.05) is 19.1 Å². The minimum atomic E-state index is -0.115. The Balaban J connectivity index is 1.76. The van der Waals surface area contributed by atoms with Gasteiger partial charge < -0.3 is 9.64 Å². The molecule has 1 fully saturated rings. The SMILES string of the molecule is CCOC(=O)C1CCCN(CCC(=O)/C=C/c2ccc(Cl)cc2)C1. The molecule has 2 rings (SSSR count). The number of hydrogen-bond donors (Lipinski definition) is 0. The van der Waals surface area contributed by atoms with Crippen LogP contribution in [0.1, 0.15) is 31.7 Å². The monoisotopic (exact) mass is 349 g/mol. The number of benzene rings is 1. The van der Waals surface area contributed by atoms with Gasteiger partial charge in [0.2, 0.25) is 0 Å². The first-order valence-corrected chi connectivity index (χ1v) is 8.81. The van der Waals surface area contributed by atoms with E-state index < -0.39 is 0 Å². The molecule has 0 aromatic heterocycles. The first-order chi connectivity index (χ1) is 11.6. The summed E-state index contributed by atoms with van der Waals surface area (Å²) >= 11 is 5.83. The minimum absolute atomic E-state index is 0.0570. The number of nitrogens with zero attached hydrogens (tertiary/aromatic N) is 1. The van der Waals surface area contributed by atoms with Crippen LogP contribution < -0.4 is 0 Å². The third-order valence-corrected chi connectivity index (χ3v) is 4.38. The molecule has 0 bridgehead atoms. The second kappa shape index (κ2) is 9.60. The van der Waals surface area contributed by atoms with E-state index in [0.717, 1.165) is 24.9 Å². The van der Waals surface area contributed by atoms with Crippen LogP contribution in [-0.2, 0) is 14.3 Å². The van der Waals surface area contributed by atoms with Gasteiger partial charge in [-0.05, 0) is 50.1 Å². The zero-order chi connectivity index (χ0) is 17.4. The lowest BCUT2D eigenvalue weighted by Gasteiger charge is -2.31. The van der Waals surface area contributed by atoms with Gasteiger partial charge in [-0.1, -0.05) is 29.8 Å². The van der Waals surface area contributed by atoms with Gasteiger partial charge >= 0.3 is 5.97 Å². The van der Waals surface area contributed by atoms with Crippen molar-refractivity contribution in [3.8, 4) is 0 Å². The summed E-state index contributed by atoms with van der Waals surface area (Å²) in [7, 11) is 0. The molecule has 0 amide bonds. The molecule has 1 aromatic carbocycles. The van der Waals surface area contributed by atoms with Gasteiger partial charge in [0, 0.05) is 24.5 Å². The number of likely N-dealkylation sites (tertiary alicyclic amines) is 1. The maximum Gasteiger partial charge on any atom is 0.310 e. The molecule has 1 aliphatic heterocycles. The molecular weight excluding hydrogens is 326 g/mol. The van der Waals surface area contributed by atoms with Gasteiger partial charge in [-0.3, -0.25) is 9.59 Å². The molecule has 130 valence electrons. The summed E-state index contributed by atoms with van der Waals surface area (Å²) in [6.07, 6.45) is 5.71. The largest absolute Gasteiger partial charge is 0.466 e. The van der Waals surface area contributed by atoms with Crippen LogP contribution in [0.4, 0.5) is 0 Å². The van der Waals surface area contributed by atoms with E-state index in [4.69, 9.17) is 16.3 Å². The molecule has 1 saturated heterocycles. The Hall–Kier alpha value is -1.65. The summed E-state index contributed by atoms with van der Waals surface area (Å²) in [4.78, 5) is 26.0. The van der Waals surface area contributed by atoms with Crippen LogP contribution in [0.15, 0.2) is 30.3 Å². The van der Waals surface area contributed by atoms with E-state index in [1.165, 1.54) is 0 Å². The van der Waals surface area contributed by atoms with Gasteiger partial charge in [0.25, 0.3) is 0 Å². The van der Waals surface area contributed by atoms with E-state index >= 15 is 0 Å². The van der Waals surface area contributed by atoms with Crippen LogP contribution in [0.5, 0.6) is 0 Å². The fourth-order valence-corrected chi connectivity index (χ4v) is 2.95. The summed E-state index contributed by atoms with van der Waals surface area (Å²) in [5.74, 6) is -0.0854. The molecule has 0 spiro atoms. The highest BCUT2D eigenvalue weighted by atomic mass is 35.5. The van der Waals surface area contributed by atoms with Gasteiger partial charge in [0.05, 0.1) is 12.5 Å². The van der Waals surface area contributed by atoms with Crippen LogP contribution in [0, 0.1) is 5.92 Å². The van der Waals surface area contributed by atoms with Crippen LogP contribution in [0.2, 0.25) is 5.02 Å². The lowest BCUT2D eigenvalue weighted by atomic mass is 9.98. The summed E-state index contributed by atoms with van der Waals surface area (Å²) in [6, 6.07) is 7.35.